The van der Waals surface area contributed by atoms with Crippen molar-refractivity contribution < 1.29 is 0 Å². The van der Waals surface area contributed by atoms with E-state index in [0.29, 0.717) is 17.5 Å². The van der Waals surface area contributed by atoms with Crippen LogP contribution in [0, 0.1) is 0 Å². The van der Waals surface area contributed by atoms with E-state index in [1.165, 1.54) is 36.7 Å². The van der Waals surface area contributed by atoms with Crippen LogP contribution in [0.1, 0.15) is 0 Å². The molecule has 10 aromatic rings. The van der Waals surface area contributed by atoms with Crippen LogP contribution in [-0.4, -0.2) is 15.0 Å². The van der Waals surface area contributed by atoms with E-state index in [4.69, 9.17) is 15.0 Å². The van der Waals surface area contributed by atoms with E-state index in [-0.39, 0.29) is 0 Å². The fourth-order valence-corrected chi connectivity index (χ4v) is 8.43. The first-order chi connectivity index (χ1) is 26.7. The zero-order chi connectivity index (χ0) is 35.8. The second-order valence-corrected chi connectivity index (χ2v) is 14.4. The van der Waals surface area contributed by atoms with Crippen molar-refractivity contribution in [3.05, 3.63) is 194 Å². The maximum absolute atomic E-state index is 5.09. The third kappa shape index (κ3) is 5.87. The summed E-state index contributed by atoms with van der Waals surface area (Å²) in [7, 11) is 0. The van der Waals surface area contributed by atoms with Crippen molar-refractivity contribution in [2.45, 2.75) is 0 Å². The lowest BCUT2D eigenvalue weighted by Crippen LogP contribution is -2.09. The highest BCUT2D eigenvalue weighted by molar-refractivity contribution is 7.26. The number of fused-ring (bicyclic) bond motifs is 4. The number of hydrogen-bond acceptors (Lipinski definition) is 5. The first kappa shape index (κ1) is 31.8. The van der Waals surface area contributed by atoms with Crippen LogP contribution in [0.15, 0.2) is 194 Å². The molecule has 2 heterocycles. The topological polar surface area (TPSA) is 41.9 Å². The second-order valence-electron chi connectivity index (χ2n) is 13.3. The number of rotatable bonds is 7. The minimum atomic E-state index is 0.655. The van der Waals surface area contributed by atoms with E-state index in [1.54, 1.807) is 11.3 Å². The van der Waals surface area contributed by atoms with Crippen molar-refractivity contribution >= 4 is 59.3 Å². The molecule has 0 fully saturated rings. The number of nitrogens with zero attached hydrogens (tertiary/aromatic N) is 4. The molecule has 0 unspecified atom stereocenters. The number of anilines is 3. The van der Waals surface area contributed by atoms with E-state index in [1.807, 2.05) is 60.7 Å². The molecule has 0 saturated heterocycles. The van der Waals surface area contributed by atoms with Crippen molar-refractivity contribution in [3.8, 4) is 45.3 Å². The SMILES string of the molecule is c1ccc(-c2ccc(N(c3ccc4ccccc4c3)c3ccc4c(c3)sc3cccc(-c5nc(-c6ccccc6)nc(-c6ccccc6)n5)c34)cc2)cc1. The van der Waals surface area contributed by atoms with Gasteiger partial charge >= 0.3 is 0 Å². The number of hydrogen-bond donors (Lipinski definition) is 0. The molecule has 5 heteroatoms. The van der Waals surface area contributed by atoms with E-state index in [2.05, 4.69) is 138 Å². The summed E-state index contributed by atoms with van der Waals surface area (Å²) in [5.41, 5.74) is 8.59. The normalized spacial score (nSPS) is 11.3. The molecule has 8 aromatic carbocycles. The smallest absolute Gasteiger partial charge is 0.164 e. The minimum Gasteiger partial charge on any atom is -0.310 e. The molecule has 54 heavy (non-hydrogen) atoms. The van der Waals surface area contributed by atoms with Crippen LogP contribution < -0.4 is 4.90 Å². The number of aromatic nitrogens is 3. The molecule has 4 nitrogen and oxygen atoms in total. The summed E-state index contributed by atoms with van der Waals surface area (Å²) in [5, 5.41) is 4.75. The lowest BCUT2D eigenvalue weighted by atomic mass is 10.0. The maximum Gasteiger partial charge on any atom is 0.164 e. The van der Waals surface area contributed by atoms with Gasteiger partial charge in [-0.3, -0.25) is 0 Å². The summed E-state index contributed by atoms with van der Waals surface area (Å²) >= 11 is 1.80. The van der Waals surface area contributed by atoms with Gasteiger partial charge in [0.2, 0.25) is 0 Å². The van der Waals surface area contributed by atoms with E-state index < -0.39 is 0 Å². The average Bonchev–Trinajstić information content (AvgIpc) is 3.63. The molecule has 0 aliphatic carbocycles. The van der Waals surface area contributed by atoms with Crippen LogP contribution in [0.2, 0.25) is 0 Å². The highest BCUT2D eigenvalue weighted by Crippen LogP contribution is 2.44. The van der Waals surface area contributed by atoms with Gasteiger partial charge in [0.1, 0.15) is 0 Å². The zero-order valence-corrected chi connectivity index (χ0v) is 30.0. The van der Waals surface area contributed by atoms with Crippen molar-refractivity contribution in [2.24, 2.45) is 0 Å². The molecule has 0 aliphatic heterocycles. The van der Waals surface area contributed by atoms with Gasteiger partial charge in [0, 0.05) is 53.9 Å². The van der Waals surface area contributed by atoms with Crippen LogP contribution in [-0.2, 0) is 0 Å². The third-order valence-electron chi connectivity index (χ3n) is 9.90. The standard InChI is InChI=1S/C49H32N4S/c1-4-13-33(14-5-1)35-23-26-39(27-24-35)53(40-28-25-34-15-10-11-20-38(34)31-40)41-29-30-42-45(32-41)54-44-22-12-21-43(46(42)44)49-51-47(36-16-6-2-7-17-36)50-48(52-49)37-18-8-3-9-19-37/h1-32H. The molecular weight excluding hydrogens is 677 g/mol. The van der Waals surface area contributed by atoms with Crippen molar-refractivity contribution in [2.75, 3.05) is 4.90 Å². The Hall–Kier alpha value is -6.95. The Morgan fingerprint density at radius 3 is 1.57 bits per heavy atom. The lowest BCUT2D eigenvalue weighted by molar-refractivity contribution is 1.08. The van der Waals surface area contributed by atoms with Crippen LogP contribution in [0.25, 0.3) is 76.2 Å². The molecule has 0 bridgehead atoms. The van der Waals surface area contributed by atoms with Gasteiger partial charge in [-0.05, 0) is 64.4 Å². The van der Waals surface area contributed by atoms with Gasteiger partial charge in [0.15, 0.2) is 17.5 Å². The van der Waals surface area contributed by atoms with Gasteiger partial charge in [0.05, 0.1) is 0 Å². The summed E-state index contributed by atoms with van der Waals surface area (Å²) in [6, 6.07) is 68.2. The Labute approximate surface area is 317 Å². The molecule has 254 valence electrons. The molecule has 0 aliphatic rings. The second kappa shape index (κ2) is 13.6. The van der Waals surface area contributed by atoms with Gasteiger partial charge in [-0.2, -0.15) is 0 Å². The first-order valence-corrected chi connectivity index (χ1v) is 18.8. The van der Waals surface area contributed by atoms with Crippen LogP contribution >= 0.6 is 11.3 Å². The predicted molar refractivity (Wildman–Crippen MR) is 227 cm³/mol. The third-order valence-corrected chi connectivity index (χ3v) is 11.0. The zero-order valence-electron chi connectivity index (χ0n) is 29.2. The molecule has 0 amide bonds. The van der Waals surface area contributed by atoms with Crippen LogP contribution in [0.3, 0.4) is 0 Å². The minimum absolute atomic E-state index is 0.655. The predicted octanol–water partition coefficient (Wildman–Crippen LogP) is 13.5. The van der Waals surface area contributed by atoms with Crippen molar-refractivity contribution in [1.82, 2.24) is 15.0 Å². The van der Waals surface area contributed by atoms with Gasteiger partial charge < -0.3 is 4.90 Å². The fourth-order valence-electron chi connectivity index (χ4n) is 7.27. The van der Waals surface area contributed by atoms with E-state index in [0.717, 1.165) is 39.1 Å². The summed E-state index contributed by atoms with van der Waals surface area (Å²) in [6.07, 6.45) is 0. The van der Waals surface area contributed by atoms with Gasteiger partial charge in [0.25, 0.3) is 0 Å². The Morgan fingerprint density at radius 2 is 0.889 bits per heavy atom. The molecule has 2 aromatic heterocycles. The van der Waals surface area contributed by atoms with E-state index in [9.17, 15) is 0 Å². The highest BCUT2D eigenvalue weighted by atomic mass is 32.1. The van der Waals surface area contributed by atoms with Crippen LogP contribution in [0.5, 0.6) is 0 Å². The fraction of sp³-hybridized carbons (Fsp3) is 0. The molecular formula is C49H32N4S. The maximum atomic E-state index is 5.09. The van der Waals surface area contributed by atoms with Crippen molar-refractivity contribution in [3.63, 3.8) is 0 Å². The summed E-state index contributed by atoms with van der Waals surface area (Å²) in [6.45, 7) is 0. The van der Waals surface area contributed by atoms with Gasteiger partial charge in [-0.15, -0.1) is 11.3 Å². The monoisotopic (exact) mass is 708 g/mol. The Balaban J connectivity index is 1.12. The van der Waals surface area contributed by atoms with Crippen molar-refractivity contribution in [1.29, 1.82) is 0 Å². The molecule has 0 N–H and O–H groups in total. The Morgan fingerprint density at radius 1 is 0.352 bits per heavy atom. The molecule has 0 saturated carbocycles. The Kier molecular flexibility index (Phi) is 7.97. The summed E-state index contributed by atoms with van der Waals surface area (Å²) < 4.78 is 2.38. The van der Waals surface area contributed by atoms with Gasteiger partial charge in [-0.1, -0.05) is 152 Å². The first-order valence-electron chi connectivity index (χ1n) is 18.0. The lowest BCUT2D eigenvalue weighted by Gasteiger charge is -2.26. The molecule has 0 radical (unpaired) electrons. The molecule has 10 rings (SSSR count). The molecule has 0 spiro atoms. The summed E-state index contributed by atoms with van der Waals surface area (Å²) in [5.74, 6) is 1.97. The number of thiophene rings is 1. The Bertz CT molecular complexity index is 2870. The number of benzene rings is 8. The molecule has 0 atom stereocenters. The quantitative estimate of drug-likeness (QED) is 0.165. The van der Waals surface area contributed by atoms with E-state index >= 15 is 0 Å². The van der Waals surface area contributed by atoms with Crippen LogP contribution in [0.4, 0.5) is 17.1 Å². The highest BCUT2D eigenvalue weighted by Gasteiger charge is 2.19. The summed E-state index contributed by atoms with van der Waals surface area (Å²) in [4.78, 5) is 17.5. The largest absolute Gasteiger partial charge is 0.310 e. The average molecular weight is 709 g/mol. The van der Waals surface area contributed by atoms with Gasteiger partial charge in [-0.25, -0.2) is 15.0 Å².